The Hall–Kier alpha value is -3.19. The number of hydrogen-bond donors (Lipinski definition) is 4. The van der Waals surface area contributed by atoms with E-state index in [0.717, 1.165) is 33.7 Å². The molecule has 0 fully saturated rings. The van der Waals surface area contributed by atoms with Crippen LogP contribution < -0.4 is 5.32 Å². The topological polar surface area (TPSA) is 107 Å². The molecule has 4 N–H and O–H groups in total. The third kappa shape index (κ3) is 3.16. The lowest BCUT2D eigenvalue weighted by atomic mass is 10.2. The van der Waals surface area contributed by atoms with Crippen molar-refractivity contribution in [1.82, 2.24) is 19.9 Å². The summed E-state index contributed by atoms with van der Waals surface area (Å²) in [6.07, 6.45) is 1.36. The first-order chi connectivity index (χ1) is 12.6. The number of anilines is 1. The van der Waals surface area contributed by atoms with Crippen LogP contribution in [0.4, 0.5) is 5.69 Å². The van der Waals surface area contributed by atoms with Gasteiger partial charge < -0.3 is 20.4 Å². The number of benzene rings is 2. The zero-order valence-electron chi connectivity index (χ0n) is 14.3. The van der Waals surface area contributed by atoms with Gasteiger partial charge in [0.2, 0.25) is 0 Å². The van der Waals surface area contributed by atoms with E-state index in [1.54, 1.807) is 12.1 Å². The Morgan fingerprint density at radius 3 is 2.69 bits per heavy atom. The lowest BCUT2D eigenvalue weighted by Crippen LogP contribution is -2.11. The zero-order chi connectivity index (χ0) is 18.1. The number of aryl methyl sites for hydroxylation is 2. The van der Waals surface area contributed by atoms with Crippen molar-refractivity contribution in [3.05, 3.63) is 53.6 Å². The third-order valence-electron chi connectivity index (χ3n) is 4.22. The van der Waals surface area contributed by atoms with E-state index in [9.17, 15) is 4.79 Å². The number of aliphatic hydroxyl groups is 1. The van der Waals surface area contributed by atoms with Gasteiger partial charge in [0.05, 0.1) is 22.1 Å². The van der Waals surface area contributed by atoms with Gasteiger partial charge in [-0.25, -0.2) is 9.97 Å². The molecule has 0 radical (unpaired) electrons. The van der Waals surface area contributed by atoms with Crippen molar-refractivity contribution in [2.45, 2.75) is 19.8 Å². The number of H-pyrrole nitrogens is 2. The van der Waals surface area contributed by atoms with Crippen molar-refractivity contribution in [2.75, 3.05) is 11.9 Å². The number of carbonyl (C=O) groups is 1. The minimum Gasteiger partial charge on any atom is -0.396 e. The van der Waals surface area contributed by atoms with Gasteiger partial charge in [0.25, 0.3) is 5.91 Å². The Balaban J connectivity index is 1.55. The fourth-order valence-corrected chi connectivity index (χ4v) is 2.99. The van der Waals surface area contributed by atoms with Crippen LogP contribution in [0, 0.1) is 6.92 Å². The van der Waals surface area contributed by atoms with Gasteiger partial charge in [-0.05, 0) is 49.7 Å². The molecule has 7 nitrogen and oxygen atoms in total. The van der Waals surface area contributed by atoms with Crippen LogP contribution in [-0.4, -0.2) is 37.6 Å². The van der Waals surface area contributed by atoms with Gasteiger partial charge in [-0.3, -0.25) is 4.79 Å². The maximum absolute atomic E-state index is 12.5. The predicted octanol–water partition coefficient (Wildman–Crippen LogP) is 2.92. The molecular formula is C19H19N5O2. The van der Waals surface area contributed by atoms with Crippen molar-refractivity contribution in [3.8, 4) is 0 Å². The van der Waals surface area contributed by atoms with Gasteiger partial charge in [0.15, 0.2) is 0 Å². The van der Waals surface area contributed by atoms with E-state index < -0.39 is 0 Å². The van der Waals surface area contributed by atoms with Gasteiger partial charge in [0, 0.05) is 24.3 Å². The van der Waals surface area contributed by atoms with Crippen LogP contribution in [0.1, 0.15) is 28.4 Å². The zero-order valence-corrected chi connectivity index (χ0v) is 14.3. The molecule has 0 saturated carbocycles. The number of rotatable bonds is 5. The second kappa shape index (κ2) is 6.61. The van der Waals surface area contributed by atoms with Crippen LogP contribution in [0.3, 0.4) is 0 Å². The van der Waals surface area contributed by atoms with Gasteiger partial charge in [-0.2, -0.15) is 0 Å². The molecular weight excluding hydrogens is 330 g/mol. The highest BCUT2D eigenvalue weighted by Gasteiger charge is 2.10. The molecule has 0 unspecified atom stereocenters. The smallest absolute Gasteiger partial charge is 0.255 e. The lowest BCUT2D eigenvalue weighted by Gasteiger charge is -2.05. The van der Waals surface area contributed by atoms with Gasteiger partial charge in [0.1, 0.15) is 11.6 Å². The third-order valence-corrected chi connectivity index (χ3v) is 4.22. The molecule has 0 aliphatic rings. The molecule has 0 bridgehead atoms. The number of amides is 1. The Labute approximate surface area is 149 Å². The highest BCUT2D eigenvalue weighted by Crippen LogP contribution is 2.20. The SMILES string of the molecule is Cc1nc2ccc(C(=O)Nc3ccc4nc(CCCO)[nH]c4c3)cc2[nH]1. The van der Waals surface area contributed by atoms with Crippen molar-refractivity contribution in [1.29, 1.82) is 0 Å². The quantitative estimate of drug-likeness (QED) is 0.444. The second-order valence-corrected chi connectivity index (χ2v) is 6.25. The summed E-state index contributed by atoms with van der Waals surface area (Å²) in [4.78, 5) is 27.7. The van der Waals surface area contributed by atoms with Crippen molar-refractivity contribution in [2.24, 2.45) is 0 Å². The largest absolute Gasteiger partial charge is 0.396 e. The maximum atomic E-state index is 12.5. The molecule has 26 heavy (non-hydrogen) atoms. The van der Waals surface area contributed by atoms with E-state index in [-0.39, 0.29) is 12.5 Å². The Morgan fingerprint density at radius 2 is 1.85 bits per heavy atom. The number of imidazole rings is 2. The monoisotopic (exact) mass is 349 g/mol. The number of nitrogens with zero attached hydrogens (tertiary/aromatic N) is 2. The molecule has 132 valence electrons. The van der Waals surface area contributed by atoms with Crippen LogP contribution in [-0.2, 0) is 6.42 Å². The summed E-state index contributed by atoms with van der Waals surface area (Å²) in [5.41, 5.74) is 4.64. The summed E-state index contributed by atoms with van der Waals surface area (Å²) >= 11 is 0. The fraction of sp³-hybridized carbons (Fsp3) is 0.211. The molecule has 0 saturated heterocycles. The molecule has 2 aromatic carbocycles. The van der Waals surface area contributed by atoms with E-state index in [2.05, 4.69) is 25.3 Å². The van der Waals surface area contributed by atoms with E-state index in [1.807, 2.05) is 31.2 Å². The van der Waals surface area contributed by atoms with E-state index in [4.69, 9.17) is 5.11 Å². The van der Waals surface area contributed by atoms with Crippen LogP contribution in [0.5, 0.6) is 0 Å². The lowest BCUT2D eigenvalue weighted by molar-refractivity contribution is 0.102. The van der Waals surface area contributed by atoms with Crippen LogP contribution in [0.2, 0.25) is 0 Å². The highest BCUT2D eigenvalue weighted by atomic mass is 16.2. The van der Waals surface area contributed by atoms with Crippen molar-refractivity contribution in [3.63, 3.8) is 0 Å². The summed E-state index contributed by atoms with van der Waals surface area (Å²) in [7, 11) is 0. The van der Waals surface area contributed by atoms with Crippen molar-refractivity contribution < 1.29 is 9.90 Å². The predicted molar refractivity (Wildman–Crippen MR) is 100 cm³/mol. The first kappa shape index (κ1) is 16.3. The summed E-state index contributed by atoms with van der Waals surface area (Å²) in [5, 5.41) is 11.8. The molecule has 4 rings (SSSR count). The van der Waals surface area contributed by atoms with Gasteiger partial charge >= 0.3 is 0 Å². The summed E-state index contributed by atoms with van der Waals surface area (Å²) in [6.45, 7) is 2.02. The molecule has 1 amide bonds. The number of nitrogens with one attached hydrogen (secondary N) is 3. The molecule has 7 heteroatoms. The second-order valence-electron chi connectivity index (χ2n) is 6.25. The number of carbonyl (C=O) groups excluding carboxylic acids is 1. The van der Waals surface area contributed by atoms with Crippen molar-refractivity contribution >= 4 is 33.7 Å². The fourth-order valence-electron chi connectivity index (χ4n) is 2.99. The normalized spacial score (nSPS) is 11.3. The first-order valence-electron chi connectivity index (χ1n) is 8.49. The van der Waals surface area contributed by atoms with Crippen LogP contribution >= 0.6 is 0 Å². The van der Waals surface area contributed by atoms with E-state index in [0.29, 0.717) is 24.1 Å². The maximum Gasteiger partial charge on any atom is 0.255 e. The number of aliphatic hydroxyl groups excluding tert-OH is 1. The van der Waals surface area contributed by atoms with Crippen LogP contribution in [0.25, 0.3) is 22.1 Å². The Morgan fingerprint density at radius 1 is 1.08 bits per heavy atom. The Bertz CT molecular complexity index is 1100. The van der Waals surface area contributed by atoms with E-state index in [1.165, 1.54) is 0 Å². The minimum absolute atomic E-state index is 0.137. The molecule has 0 aliphatic heterocycles. The van der Waals surface area contributed by atoms with Gasteiger partial charge in [-0.15, -0.1) is 0 Å². The van der Waals surface area contributed by atoms with Crippen LogP contribution in [0.15, 0.2) is 36.4 Å². The Kier molecular flexibility index (Phi) is 4.14. The molecule has 2 heterocycles. The minimum atomic E-state index is -0.182. The number of fused-ring (bicyclic) bond motifs is 2. The van der Waals surface area contributed by atoms with Gasteiger partial charge in [-0.1, -0.05) is 0 Å². The first-order valence-corrected chi connectivity index (χ1v) is 8.49. The molecule has 0 aliphatic carbocycles. The summed E-state index contributed by atoms with van der Waals surface area (Å²) in [5.74, 6) is 1.47. The summed E-state index contributed by atoms with van der Waals surface area (Å²) in [6, 6.07) is 11.0. The number of aromatic amines is 2. The molecule has 4 aromatic rings. The average molecular weight is 349 g/mol. The highest BCUT2D eigenvalue weighted by molar-refractivity contribution is 6.06. The average Bonchev–Trinajstić information content (AvgIpc) is 3.20. The molecule has 0 spiro atoms. The molecule has 2 aromatic heterocycles. The summed E-state index contributed by atoms with van der Waals surface area (Å²) < 4.78 is 0. The standard InChI is InChI=1S/C19H19N5O2/c1-11-20-14-6-4-12(9-16(14)21-11)19(26)22-13-5-7-15-17(10-13)24-18(23-15)3-2-8-25/h4-7,9-10,25H,2-3,8H2,1H3,(H,20,21)(H,22,26)(H,23,24). The van der Waals surface area contributed by atoms with E-state index >= 15 is 0 Å². The molecule has 0 atom stereocenters. The number of aromatic nitrogens is 4. The number of hydrogen-bond acceptors (Lipinski definition) is 4.